The summed E-state index contributed by atoms with van der Waals surface area (Å²) >= 11 is 23.9. The molecule has 14 heavy (non-hydrogen) atoms. The molecule has 2 rings (SSSR count). The number of hydrogen-bond donors (Lipinski definition) is 0. The van der Waals surface area contributed by atoms with Crippen molar-refractivity contribution in [3.05, 3.63) is 33.8 Å². The maximum absolute atomic E-state index is 6.07. The molecule has 0 nitrogen and oxygen atoms in total. The minimum absolute atomic E-state index is 0.218. The van der Waals surface area contributed by atoms with E-state index in [1.54, 1.807) is 6.07 Å². The lowest BCUT2D eigenvalue weighted by Gasteiger charge is -2.13. The summed E-state index contributed by atoms with van der Waals surface area (Å²) in [5.41, 5.74) is 0.782. The molecule has 0 saturated heterocycles. The summed E-state index contributed by atoms with van der Waals surface area (Å²) in [6.45, 7) is 2.01. The lowest BCUT2D eigenvalue weighted by Crippen LogP contribution is -2.09. The van der Waals surface area contributed by atoms with Gasteiger partial charge in [-0.1, -0.05) is 30.1 Å². The van der Waals surface area contributed by atoms with E-state index in [1.807, 2.05) is 19.1 Å². The Morgan fingerprint density at radius 3 is 1.86 bits per heavy atom. The third kappa shape index (κ3) is 1.63. The van der Waals surface area contributed by atoms with Crippen molar-refractivity contribution in [1.82, 2.24) is 0 Å². The van der Waals surface area contributed by atoms with Gasteiger partial charge in [0.05, 0.1) is 0 Å². The van der Waals surface area contributed by atoms with E-state index >= 15 is 0 Å². The second-order valence-corrected chi connectivity index (χ2v) is 6.23. The van der Waals surface area contributed by atoms with Gasteiger partial charge < -0.3 is 0 Å². The lowest BCUT2D eigenvalue weighted by molar-refractivity contribution is 0.774. The van der Waals surface area contributed by atoms with Gasteiger partial charge in [0.2, 0.25) is 0 Å². The first-order valence-corrected chi connectivity index (χ1v) is 5.71. The van der Waals surface area contributed by atoms with Gasteiger partial charge in [-0.2, -0.15) is 0 Å². The average Bonchev–Trinajstić information content (AvgIpc) is 2.50. The van der Waals surface area contributed by atoms with Crippen molar-refractivity contribution in [2.24, 2.45) is 0 Å². The molecule has 1 aromatic rings. The summed E-state index contributed by atoms with van der Waals surface area (Å²) in [6.07, 6.45) is 0.736. The molecule has 1 aromatic carbocycles. The van der Waals surface area contributed by atoms with Gasteiger partial charge in [-0.15, -0.1) is 23.2 Å². The Bertz CT molecular complexity index is 365. The van der Waals surface area contributed by atoms with Gasteiger partial charge in [-0.3, -0.25) is 0 Å². The van der Waals surface area contributed by atoms with Crippen molar-refractivity contribution in [3.8, 4) is 0 Å². The summed E-state index contributed by atoms with van der Waals surface area (Å²) < 4.78 is -0.680. The van der Waals surface area contributed by atoms with Gasteiger partial charge in [0.15, 0.2) is 0 Å². The molecule has 1 fully saturated rings. The van der Waals surface area contributed by atoms with Crippen LogP contribution in [0.3, 0.4) is 0 Å². The highest BCUT2D eigenvalue weighted by molar-refractivity contribution is 6.52. The molecular formula is C10H8Cl4. The van der Waals surface area contributed by atoms with Crippen LogP contribution in [0.15, 0.2) is 18.2 Å². The van der Waals surface area contributed by atoms with Crippen LogP contribution in [0.25, 0.3) is 0 Å². The number of halogens is 4. The molecule has 0 N–H and O–H groups in total. The van der Waals surface area contributed by atoms with Crippen LogP contribution >= 0.6 is 46.4 Å². The Labute approximate surface area is 103 Å². The first-order chi connectivity index (χ1) is 6.35. The fraction of sp³-hybridized carbons (Fsp3) is 0.400. The van der Waals surface area contributed by atoms with Gasteiger partial charge >= 0.3 is 0 Å². The standard InChI is InChI=1S/C10H8Cl4/c1-9(5-10(9,13)14)6-2-7(11)4-8(12)3-6/h2-4H,5H2,1H3. The first-order valence-electron chi connectivity index (χ1n) is 4.20. The largest absolute Gasteiger partial charge is 0.128 e. The van der Waals surface area contributed by atoms with Crippen LogP contribution in [-0.4, -0.2) is 4.33 Å². The van der Waals surface area contributed by atoms with Gasteiger partial charge in [-0.25, -0.2) is 0 Å². The molecule has 1 aliphatic carbocycles. The molecule has 1 unspecified atom stereocenters. The van der Waals surface area contributed by atoms with Gasteiger partial charge in [0, 0.05) is 15.5 Å². The number of benzene rings is 1. The molecule has 0 aliphatic heterocycles. The summed E-state index contributed by atoms with van der Waals surface area (Å²) in [7, 11) is 0. The van der Waals surface area contributed by atoms with E-state index in [1.165, 1.54) is 0 Å². The highest BCUT2D eigenvalue weighted by atomic mass is 35.5. The van der Waals surface area contributed by atoms with Gasteiger partial charge in [0.25, 0.3) is 0 Å². The maximum atomic E-state index is 6.07. The molecule has 1 atom stereocenters. The van der Waals surface area contributed by atoms with Crippen molar-refractivity contribution < 1.29 is 0 Å². The lowest BCUT2D eigenvalue weighted by atomic mass is 9.98. The Kier molecular flexibility index (Phi) is 2.47. The normalized spacial score (nSPS) is 28.9. The highest BCUT2D eigenvalue weighted by Crippen LogP contribution is 2.64. The monoisotopic (exact) mass is 268 g/mol. The molecule has 0 bridgehead atoms. The fourth-order valence-corrected chi connectivity index (χ4v) is 2.86. The SMILES string of the molecule is CC1(c2cc(Cl)cc(Cl)c2)CC1(Cl)Cl. The van der Waals surface area contributed by atoms with Crippen molar-refractivity contribution in [3.63, 3.8) is 0 Å². The van der Waals surface area contributed by atoms with E-state index in [0.717, 1.165) is 12.0 Å². The van der Waals surface area contributed by atoms with E-state index in [4.69, 9.17) is 46.4 Å². The highest BCUT2D eigenvalue weighted by Gasteiger charge is 2.63. The van der Waals surface area contributed by atoms with Crippen molar-refractivity contribution in [2.75, 3.05) is 0 Å². The Morgan fingerprint density at radius 1 is 1.07 bits per heavy atom. The number of alkyl halides is 2. The first kappa shape index (κ1) is 10.9. The molecule has 0 spiro atoms. The predicted octanol–water partition coefficient (Wildman–Crippen LogP) is 4.83. The van der Waals surface area contributed by atoms with Crippen LogP contribution in [0.5, 0.6) is 0 Å². The zero-order valence-electron chi connectivity index (χ0n) is 7.45. The van der Waals surface area contributed by atoms with E-state index in [9.17, 15) is 0 Å². The summed E-state index contributed by atoms with van der Waals surface area (Å²) in [5.74, 6) is 0. The predicted molar refractivity (Wildman–Crippen MR) is 62.9 cm³/mol. The van der Waals surface area contributed by atoms with Crippen LogP contribution in [0.1, 0.15) is 18.9 Å². The zero-order chi connectivity index (χ0) is 10.6. The summed E-state index contributed by atoms with van der Waals surface area (Å²) in [4.78, 5) is 0. The van der Waals surface area contributed by atoms with Crippen molar-refractivity contribution >= 4 is 46.4 Å². The smallest absolute Gasteiger partial charge is 0.101 e. The quantitative estimate of drug-likeness (QED) is 0.641. The molecule has 0 radical (unpaired) electrons. The van der Waals surface area contributed by atoms with Crippen molar-refractivity contribution in [1.29, 1.82) is 0 Å². The topological polar surface area (TPSA) is 0 Å². The minimum Gasteiger partial charge on any atom is -0.101 e. The third-order valence-electron chi connectivity index (χ3n) is 2.76. The van der Waals surface area contributed by atoms with Crippen LogP contribution in [0, 0.1) is 0 Å². The second-order valence-electron chi connectivity index (χ2n) is 3.87. The molecule has 0 aromatic heterocycles. The molecule has 76 valence electrons. The zero-order valence-corrected chi connectivity index (χ0v) is 10.5. The van der Waals surface area contributed by atoms with E-state index in [-0.39, 0.29) is 5.41 Å². The minimum atomic E-state index is -0.680. The molecule has 0 heterocycles. The summed E-state index contributed by atoms with van der Waals surface area (Å²) in [6, 6.07) is 5.42. The van der Waals surface area contributed by atoms with E-state index in [2.05, 4.69) is 0 Å². The number of rotatable bonds is 1. The fourth-order valence-electron chi connectivity index (χ4n) is 1.59. The molecule has 0 amide bonds. The maximum Gasteiger partial charge on any atom is 0.128 e. The third-order valence-corrected chi connectivity index (χ3v) is 4.30. The summed E-state index contributed by atoms with van der Waals surface area (Å²) in [5, 5.41) is 1.23. The van der Waals surface area contributed by atoms with Gasteiger partial charge in [0.1, 0.15) is 4.33 Å². The van der Waals surface area contributed by atoms with E-state index in [0.29, 0.717) is 10.0 Å². The van der Waals surface area contributed by atoms with Gasteiger partial charge in [-0.05, 0) is 30.2 Å². The molecule has 1 saturated carbocycles. The van der Waals surface area contributed by atoms with Crippen molar-refractivity contribution in [2.45, 2.75) is 23.1 Å². The van der Waals surface area contributed by atoms with Crippen LogP contribution in [0.2, 0.25) is 10.0 Å². The van der Waals surface area contributed by atoms with E-state index < -0.39 is 4.33 Å². The van der Waals surface area contributed by atoms with Crippen LogP contribution < -0.4 is 0 Å². The average molecular weight is 270 g/mol. The molecule has 1 aliphatic rings. The second kappa shape index (κ2) is 3.18. The Balaban J connectivity index is 2.44. The van der Waals surface area contributed by atoms with Crippen LogP contribution in [0.4, 0.5) is 0 Å². The number of hydrogen-bond acceptors (Lipinski definition) is 0. The molecule has 4 heteroatoms. The Hall–Kier alpha value is 0.380. The molecular weight excluding hydrogens is 262 g/mol. The van der Waals surface area contributed by atoms with Crippen LogP contribution in [-0.2, 0) is 5.41 Å². The Morgan fingerprint density at radius 2 is 1.50 bits per heavy atom.